The molecular weight excluding hydrogens is 276 g/mol. The van der Waals surface area contributed by atoms with Gasteiger partial charge in [0.25, 0.3) is 10.2 Å². The highest BCUT2D eigenvalue weighted by atomic mass is 32.2. The number of hydrogen-bond donors (Lipinski definition) is 2. The largest absolute Gasteiger partial charge is 0.396 e. The second kappa shape index (κ2) is 7.20. The topological polar surface area (TPSA) is 69.6 Å². The summed E-state index contributed by atoms with van der Waals surface area (Å²) in [4.78, 5) is 0. The van der Waals surface area contributed by atoms with E-state index >= 15 is 0 Å². The number of nitrogens with zero attached hydrogens (tertiary/aromatic N) is 1. The van der Waals surface area contributed by atoms with Crippen molar-refractivity contribution in [2.24, 2.45) is 17.8 Å². The first-order chi connectivity index (χ1) is 9.51. The van der Waals surface area contributed by atoms with Gasteiger partial charge in [-0.3, -0.25) is 0 Å². The molecule has 0 aromatic carbocycles. The number of aliphatic hydroxyl groups excluding tert-OH is 1. The van der Waals surface area contributed by atoms with Gasteiger partial charge in [0.15, 0.2) is 0 Å². The first kappa shape index (κ1) is 16.2. The number of nitrogens with one attached hydrogen (secondary N) is 1. The van der Waals surface area contributed by atoms with Crippen molar-refractivity contribution < 1.29 is 13.5 Å². The molecule has 0 spiro atoms. The summed E-state index contributed by atoms with van der Waals surface area (Å²) in [7, 11) is -3.33. The maximum Gasteiger partial charge on any atom is 0.279 e. The van der Waals surface area contributed by atoms with E-state index in [1.165, 1.54) is 17.1 Å². The Balaban J connectivity index is 1.76. The second-order valence-electron chi connectivity index (χ2n) is 6.50. The van der Waals surface area contributed by atoms with Crippen molar-refractivity contribution in [3.63, 3.8) is 0 Å². The van der Waals surface area contributed by atoms with Crippen LogP contribution in [0.3, 0.4) is 0 Å². The Morgan fingerprint density at radius 2 is 1.65 bits per heavy atom. The molecule has 118 valence electrons. The van der Waals surface area contributed by atoms with Gasteiger partial charge in [-0.05, 0) is 43.4 Å². The standard InChI is InChI=1S/C14H28N2O3S/c1-12-2-4-13(5-3-12)10-15-20(18,19)16-8-6-14(11-17)7-9-16/h12-15,17H,2-11H2,1H3. The highest BCUT2D eigenvalue weighted by Crippen LogP contribution is 2.28. The van der Waals surface area contributed by atoms with Crippen LogP contribution in [0, 0.1) is 17.8 Å². The average Bonchev–Trinajstić information content (AvgIpc) is 2.47. The van der Waals surface area contributed by atoms with Crippen molar-refractivity contribution in [2.75, 3.05) is 26.2 Å². The fourth-order valence-electron chi connectivity index (χ4n) is 3.18. The molecule has 0 bridgehead atoms. The van der Waals surface area contributed by atoms with Gasteiger partial charge in [0, 0.05) is 26.2 Å². The molecule has 20 heavy (non-hydrogen) atoms. The van der Waals surface area contributed by atoms with E-state index in [-0.39, 0.29) is 12.5 Å². The number of hydrogen-bond acceptors (Lipinski definition) is 3. The molecule has 5 nitrogen and oxygen atoms in total. The van der Waals surface area contributed by atoms with Crippen LogP contribution in [0.1, 0.15) is 45.4 Å². The molecule has 2 fully saturated rings. The third-order valence-corrected chi connectivity index (χ3v) is 6.44. The Labute approximate surface area is 122 Å². The Morgan fingerprint density at radius 3 is 2.20 bits per heavy atom. The summed E-state index contributed by atoms with van der Waals surface area (Å²) in [5.74, 6) is 1.55. The van der Waals surface area contributed by atoms with Gasteiger partial charge in [-0.2, -0.15) is 12.7 Å². The van der Waals surface area contributed by atoms with Crippen LogP contribution in [-0.4, -0.2) is 44.1 Å². The summed E-state index contributed by atoms with van der Waals surface area (Å²) < 4.78 is 28.8. The highest BCUT2D eigenvalue weighted by Gasteiger charge is 2.28. The van der Waals surface area contributed by atoms with Crippen LogP contribution in [0.4, 0.5) is 0 Å². The second-order valence-corrected chi connectivity index (χ2v) is 8.26. The maximum atomic E-state index is 12.2. The molecule has 1 saturated heterocycles. The molecule has 0 aromatic rings. The van der Waals surface area contributed by atoms with Gasteiger partial charge < -0.3 is 5.11 Å². The summed E-state index contributed by atoms with van der Waals surface area (Å²) in [5.41, 5.74) is 0. The monoisotopic (exact) mass is 304 g/mol. The lowest BCUT2D eigenvalue weighted by Crippen LogP contribution is -2.46. The summed E-state index contributed by atoms with van der Waals surface area (Å²) in [6.45, 7) is 4.08. The molecular formula is C14H28N2O3S. The maximum absolute atomic E-state index is 12.2. The molecule has 1 heterocycles. The summed E-state index contributed by atoms with van der Waals surface area (Å²) >= 11 is 0. The minimum absolute atomic E-state index is 0.168. The van der Waals surface area contributed by atoms with E-state index in [4.69, 9.17) is 5.11 Å². The molecule has 1 saturated carbocycles. The van der Waals surface area contributed by atoms with E-state index in [2.05, 4.69) is 11.6 Å². The Morgan fingerprint density at radius 1 is 1.05 bits per heavy atom. The smallest absolute Gasteiger partial charge is 0.279 e. The minimum atomic E-state index is -3.33. The Bertz CT molecular complexity index is 383. The number of rotatable bonds is 5. The molecule has 0 amide bonds. The number of piperidine rings is 1. The van der Waals surface area contributed by atoms with Gasteiger partial charge in [0.1, 0.15) is 0 Å². The molecule has 2 N–H and O–H groups in total. The SMILES string of the molecule is CC1CCC(CNS(=O)(=O)N2CCC(CO)CC2)CC1. The molecule has 6 heteroatoms. The summed E-state index contributed by atoms with van der Waals surface area (Å²) in [5, 5.41) is 9.09. The molecule has 0 aromatic heterocycles. The molecule has 1 aliphatic heterocycles. The van der Waals surface area contributed by atoms with Crippen molar-refractivity contribution in [2.45, 2.75) is 45.4 Å². The summed E-state index contributed by atoms with van der Waals surface area (Å²) in [6.07, 6.45) is 6.23. The predicted molar refractivity (Wildman–Crippen MR) is 79.4 cm³/mol. The fraction of sp³-hybridized carbons (Fsp3) is 1.00. The third-order valence-electron chi connectivity index (χ3n) is 4.86. The van der Waals surface area contributed by atoms with E-state index in [0.29, 0.717) is 25.6 Å². The van der Waals surface area contributed by atoms with Gasteiger partial charge in [0.05, 0.1) is 0 Å². The van der Waals surface area contributed by atoms with E-state index in [9.17, 15) is 8.42 Å². The average molecular weight is 304 g/mol. The third kappa shape index (κ3) is 4.41. The zero-order valence-corrected chi connectivity index (χ0v) is 13.2. The van der Waals surface area contributed by atoms with Crippen LogP contribution in [0.25, 0.3) is 0 Å². The van der Waals surface area contributed by atoms with E-state index in [1.807, 2.05) is 0 Å². The molecule has 0 radical (unpaired) electrons. The van der Waals surface area contributed by atoms with Crippen LogP contribution in [0.2, 0.25) is 0 Å². The zero-order chi connectivity index (χ0) is 14.6. The lowest BCUT2D eigenvalue weighted by molar-refractivity contribution is 0.169. The van der Waals surface area contributed by atoms with Crippen molar-refractivity contribution >= 4 is 10.2 Å². The molecule has 1 aliphatic carbocycles. The predicted octanol–water partition coefficient (Wildman–Crippen LogP) is 1.35. The molecule has 2 rings (SSSR count). The lowest BCUT2D eigenvalue weighted by atomic mass is 9.83. The van der Waals surface area contributed by atoms with Crippen LogP contribution < -0.4 is 4.72 Å². The van der Waals surface area contributed by atoms with E-state index < -0.39 is 10.2 Å². The van der Waals surface area contributed by atoms with Gasteiger partial charge in [-0.15, -0.1) is 0 Å². The van der Waals surface area contributed by atoms with Gasteiger partial charge >= 0.3 is 0 Å². The van der Waals surface area contributed by atoms with Crippen LogP contribution >= 0.6 is 0 Å². The number of aliphatic hydroxyl groups is 1. The fourth-order valence-corrected chi connectivity index (χ4v) is 4.50. The first-order valence-electron chi connectivity index (χ1n) is 7.87. The zero-order valence-electron chi connectivity index (χ0n) is 12.4. The van der Waals surface area contributed by atoms with E-state index in [1.54, 1.807) is 0 Å². The first-order valence-corrected chi connectivity index (χ1v) is 9.31. The van der Waals surface area contributed by atoms with E-state index in [0.717, 1.165) is 31.6 Å². The molecule has 0 atom stereocenters. The lowest BCUT2D eigenvalue weighted by Gasteiger charge is -2.31. The van der Waals surface area contributed by atoms with Gasteiger partial charge in [-0.25, -0.2) is 4.72 Å². The van der Waals surface area contributed by atoms with Gasteiger partial charge in [0.2, 0.25) is 0 Å². The quantitative estimate of drug-likeness (QED) is 0.805. The summed E-state index contributed by atoms with van der Waals surface area (Å²) in [6, 6.07) is 0. The highest BCUT2D eigenvalue weighted by molar-refractivity contribution is 7.87. The molecule has 0 unspecified atom stereocenters. The van der Waals surface area contributed by atoms with Crippen molar-refractivity contribution in [3.05, 3.63) is 0 Å². The van der Waals surface area contributed by atoms with Crippen molar-refractivity contribution in [1.29, 1.82) is 0 Å². The van der Waals surface area contributed by atoms with Crippen molar-refractivity contribution in [1.82, 2.24) is 9.03 Å². The van der Waals surface area contributed by atoms with Crippen LogP contribution in [-0.2, 0) is 10.2 Å². The Hall–Kier alpha value is -0.170. The Kier molecular flexibility index (Phi) is 5.84. The minimum Gasteiger partial charge on any atom is -0.396 e. The van der Waals surface area contributed by atoms with Crippen LogP contribution in [0.15, 0.2) is 0 Å². The van der Waals surface area contributed by atoms with Gasteiger partial charge in [-0.1, -0.05) is 19.8 Å². The molecule has 2 aliphatic rings. The van der Waals surface area contributed by atoms with Crippen molar-refractivity contribution in [3.8, 4) is 0 Å². The normalized spacial score (nSPS) is 30.5. The van der Waals surface area contributed by atoms with Crippen LogP contribution in [0.5, 0.6) is 0 Å².